The first-order valence-corrected chi connectivity index (χ1v) is 7.86. The molecule has 2 aromatic rings. The first-order chi connectivity index (χ1) is 9.58. The summed E-state index contributed by atoms with van der Waals surface area (Å²) >= 11 is 1.77. The Kier molecular flexibility index (Phi) is 3.38. The predicted octanol–water partition coefficient (Wildman–Crippen LogP) is 3.50. The van der Waals surface area contributed by atoms with Gasteiger partial charge in [0.1, 0.15) is 17.5 Å². The van der Waals surface area contributed by atoms with Gasteiger partial charge in [-0.3, -0.25) is 0 Å². The highest BCUT2D eigenvalue weighted by atomic mass is 32.1. The van der Waals surface area contributed by atoms with Gasteiger partial charge in [0.05, 0.1) is 6.04 Å². The molecule has 0 spiro atoms. The lowest BCUT2D eigenvalue weighted by Crippen LogP contribution is -2.24. The SMILES string of the molecule is Cc1c(N)nc(C2CC2)nc1N(C)C(C)c1cccs1. The molecule has 0 aliphatic heterocycles. The van der Waals surface area contributed by atoms with Crippen LogP contribution >= 0.6 is 11.3 Å². The lowest BCUT2D eigenvalue weighted by molar-refractivity contribution is 0.730. The molecule has 106 valence electrons. The Morgan fingerprint density at radius 3 is 2.75 bits per heavy atom. The van der Waals surface area contributed by atoms with Crippen LogP contribution in [0.4, 0.5) is 11.6 Å². The van der Waals surface area contributed by atoms with Crippen LogP contribution < -0.4 is 10.6 Å². The van der Waals surface area contributed by atoms with Crippen molar-refractivity contribution in [1.29, 1.82) is 0 Å². The first-order valence-electron chi connectivity index (χ1n) is 6.98. The number of nitrogens with zero attached hydrogens (tertiary/aromatic N) is 3. The highest BCUT2D eigenvalue weighted by Gasteiger charge is 2.29. The normalized spacial score (nSPS) is 16.1. The number of nitrogen functional groups attached to an aromatic ring is 1. The molecule has 4 nitrogen and oxygen atoms in total. The highest BCUT2D eigenvalue weighted by molar-refractivity contribution is 7.10. The Morgan fingerprint density at radius 1 is 1.40 bits per heavy atom. The molecule has 20 heavy (non-hydrogen) atoms. The summed E-state index contributed by atoms with van der Waals surface area (Å²) in [5, 5.41) is 2.11. The van der Waals surface area contributed by atoms with E-state index in [0.717, 1.165) is 17.2 Å². The van der Waals surface area contributed by atoms with Crippen LogP contribution in [0.25, 0.3) is 0 Å². The average Bonchev–Trinajstić information content (AvgIpc) is 3.15. The molecule has 1 atom stereocenters. The molecule has 1 unspecified atom stereocenters. The third kappa shape index (κ3) is 2.38. The van der Waals surface area contributed by atoms with E-state index in [1.807, 2.05) is 6.92 Å². The van der Waals surface area contributed by atoms with E-state index >= 15 is 0 Å². The van der Waals surface area contributed by atoms with Crippen molar-refractivity contribution in [3.05, 3.63) is 33.8 Å². The van der Waals surface area contributed by atoms with E-state index in [0.29, 0.717) is 11.7 Å². The summed E-state index contributed by atoms with van der Waals surface area (Å²) in [4.78, 5) is 12.7. The second-order valence-corrected chi connectivity index (χ2v) is 6.47. The molecule has 2 N–H and O–H groups in total. The Hall–Kier alpha value is -1.62. The van der Waals surface area contributed by atoms with E-state index in [1.54, 1.807) is 11.3 Å². The summed E-state index contributed by atoms with van der Waals surface area (Å²) in [5.74, 6) is 3.00. The highest BCUT2D eigenvalue weighted by Crippen LogP contribution is 2.40. The predicted molar refractivity (Wildman–Crippen MR) is 84.3 cm³/mol. The fourth-order valence-corrected chi connectivity index (χ4v) is 3.14. The van der Waals surface area contributed by atoms with Gasteiger partial charge in [-0.25, -0.2) is 9.97 Å². The maximum atomic E-state index is 6.07. The minimum atomic E-state index is 0.287. The molecule has 0 amide bonds. The number of rotatable bonds is 4. The van der Waals surface area contributed by atoms with Gasteiger partial charge in [-0.15, -0.1) is 11.3 Å². The molecule has 0 radical (unpaired) electrons. The summed E-state index contributed by atoms with van der Waals surface area (Å²) in [6.07, 6.45) is 2.37. The van der Waals surface area contributed by atoms with Crippen molar-refractivity contribution in [3.8, 4) is 0 Å². The third-order valence-corrected chi connectivity index (χ3v) is 5.03. The minimum Gasteiger partial charge on any atom is -0.383 e. The lowest BCUT2D eigenvalue weighted by atomic mass is 10.2. The Morgan fingerprint density at radius 2 is 2.15 bits per heavy atom. The van der Waals surface area contributed by atoms with Crippen LogP contribution in [0.5, 0.6) is 0 Å². The third-order valence-electron chi connectivity index (χ3n) is 3.99. The van der Waals surface area contributed by atoms with Crippen molar-refractivity contribution < 1.29 is 0 Å². The van der Waals surface area contributed by atoms with Gasteiger partial charge in [-0.2, -0.15) is 0 Å². The molecule has 1 aliphatic rings. The fourth-order valence-electron chi connectivity index (χ4n) is 2.31. The van der Waals surface area contributed by atoms with Crippen LogP contribution in [-0.2, 0) is 0 Å². The number of aromatic nitrogens is 2. The molecule has 0 bridgehead atoms. The van der Waals surface area contributed by atoms with Gasteiger partial charge >= 0.3 is 0 Å². The number of hydrogen-bond acceptors (Lipinski definition) is 5. The number of anilines is 2. The van der Waals surface area contributed by atoms with Gasteiger partial charge in [-0.1, -0.05) is 6.07 Å². The molecule has 1 aliphatic carbocycles. The summed E-state index contributed by atoms with van der Waals surface area (Å²) in [6, 6.07) is 4.53. The van der Waals surface area contributed by atoms with Crippen LogP contribution in [0.15, 0.2) is 17.5 Å². The van der Waals surface area contributed by atoms with Crippen molar-refractivity contribution in [2.75, 3.05) is 17.7 Å². The van der Waals surface area contributed by atoms with Crippen molar-refractivity contribution in [1.82, 2.24) is 9.97 Å². The van der Waals surface area contributed by atoms with Crippen molar-refractivity contribution in [3.63, 3.8) is 0 Å². The molecule has 0 aromatic carbocycles. The maximum Gasteiger partial charge on any atom is 0.137 e. The van der Waals surface area contributed by atoms with Crippen LogP contribution in [0.2, 0.25) is 0 Å². The van der Waals surface area contributed by atoms with Gasteiger partial charge in [0.25, 0.3) is 0 Å². The van der Waals surface area contributed by atoms with E-state index in [9.17, 15) is 0 Å². The molecule has 2 heterocycles. The standard InChI is InChI=1S/C15H20N4S/c1-9-13(16)17-14(11-6-7-11)18-15(9)19(3)10(2)12-5-4-8-20-12/h4-5,8,10-11H,6-7H2,1-3H3,(H2,16,17,18). The van der Waals surface area contributed by atoms with Crippen LogP contribution in [0.3, 0.4) is 0 Å². The summed E-state index contributed by atoms with van der Waals surface area (Å²) in [6.45, 7) is 4.19. The molecular weight excluding hydrogens is 268 g/mol. The second kappa shape index (κ2) is 5.05. The first kappa shape index (κ1) is 13.4. The molecule has 5 heteroatoms. The van der Waals surface area contributed by atoms with Crippen molar-refractivity contribution in [2.24, 2.45) is 0 Å². The van der Waals surface area contributed by atoms with E-state index < -0.39 is 0 Å². The smallest absolute Gasteiger partial charge is 0.137 e. The van der Waals surface area contributed by atoms with Crippen molar-refractivity contribution in [2.45, 2.75) is 38.6 Å². The molecule has 2 aromatic heterocycles. The summed E-state index contributed by atoms with van der Waals surface area (Å²) in [7, 11) is 2.08. The molecule has 1 fully saturated rings. The van der Waals surface area contributed by atoms with E-state index in [1.165, 1.54) is 17.7 Å². The molecule has 1 saturated carbocycles. The number of thiophene rings is 1. The summed E-state index contributed by atoms with van der Waals surface area (Å²) in [5.41, 5.74) is 7.04. The van der Waals surface area contributed by atoms with E-state index in [-0.39, 0.29) is 6.04 Å². The fraction of sp³-hybridized carbons (Fsp3) is 0.467. The van der Waals surface area contributed by atoms with E-state index in [2.05, 4.69) is 41.4 Å². The van der Waals surface area contributed by atoms with Gasteiger partial charge < -0.3 is 10.6 Å². The van der Waals surface area contributed by atoms with Gasteiger partial charge in [0.15, 0.2) is 0 Å². The zero-order valence-electron chi connectivity index (χ0n) is 12.1. The number of nitrogens with two attached hydrogens (primary N) is 1. The molecular formula is C15H20N4S. The van der Waals surface area contributed by atoms with Gasteiger partial charge in [0.2, 0.25) is 0 Å². The molecule has 0 saturated heterocycles. The van der Waals surface area contributed by atoms with Crippen molar-refractivity contribution >= 4 is 23.0 Å². The average molecular weight is 288 g/mol. The molecule has 3 rings (SSSR count). The Labute approximate surface area is 123 Å². The van der Waals surface area contributed by atoms with Crippen LogP contribution in [-0.4, -0.2) is 17.0 Å². The monoisotopic (exact) mass is 288 g/mol. The Bertz CT molecular complexity index is 605. The minimum absolute atomic E-state index is 0.287. The number of hydrogen-bond donors (Lipinski definition) is 1. The van der Waals surface area contributed by atoms with Gasteiger partial charge in [-0.05, 0) is 38.1 Å². The van der Waals surface area contributed by atoms with Crippen LogP contribution in [0, 0.1) is 6.92 Å². The zero-order valence-corrected chi connectivity index (χ0v) is 12.9. The lowest BCUT2D eigenvalue weighted by Gasteiger charge is -2.27. The van der Waals surface area contributed by atoms with E-state index in [4.69, 9.17) is 10.7 Å². The maximum absolute atomic E-state index is 6.07. The zero-order chi connectivity index (χ0) is 14.3. The topological polar surface area (TPSA) is 55.0 Å². The quantitative estimate of drug-likeness (QED) is 0.935. The second-order valence-electron chi connectivity index (χ2n) is 5.49. The summed E-state index contributed by atoms with van der Waals surface area (Å²) < 4.78 is 0. The Balaban J connectivity index is 1.95. The van der Waals surface area contributed by atoms with Gasteiger partial charge in [0, 0.05) is 23.4 Å². The largest absolute Gasteiger partial charge is 0.383 e. The van der Waals surface area contributed by atoms with Crippen LogP contribution in [0.1, 0.15) is 48.0 Å².